The number of rotatable bonds is 9. The standard InChI is InChI=1S/C79H48N8S/c1-3-21-49(22-4-1)66-48-67(81-78(80-66)55-45-56(85-68-35-13-7-29-58(68)59-30-8-14-36-69(59)85)47-57(46-55)86-70-37-15-9-31-60(70)61-32-10-16-38-71(61)86)53-27-19-25-51(43-53)52-26-20-28-54(44-52)77-82-76(50-23-5-2-6-24-50)83-79(84-77)87-72-39-17-11-33-62(72)64-41-42-65-63-34-12-18-40-73(63)88-75(65)74(64)87/h1-48H. The van der Waals surface area contributed by atoms with Crippen LogP contribution in [0.2, 0.25) is 0 Å². The van der Waals surface area contributed by atoms with Crippen molar-refractivity contribution < 1.29 is 0 Å². The molecule has 18 rings (SSSR count). The zero-order valence-electron chi connectivity index (χ0n) is 47.2. The van der Waals surface area contributed by atoms with E-state index in [0.717, 1.165) is 106 Å². The van der Waals surface area contributed by atoms with Gasteiger partial charge < -0.3 is 9.13 Å². The van der Waals surface area contributed by atoms with Gasteiger partial charge in [-0.05, 0) is 83.9 Å². The van der Waals surface area contributed by atoms with Gasteiger partial charge in [-0.15, -0.1) is 11.3 Å². The Morgan fingerprint density at radius 2 is 0.648 bits per heavy atom. The summed E-state index contributed by atoms with van der Waals surface area (Å²) in [5, 5.41) is 9.54. The van der Waals surface area contributed by atoms with Gasteiger partial charge in [-0.25, -0.2) is 15.0 Å². The Bertz CT molecular complexity index is 5600. The van der Waals surface area contributed by atoms with E-state index in [2.05, 4.69) is 281 Å². The Hall–Kier alpha value is -11.7. The average molecular weight is 1140 g/mol. The molecule has 0 atom stereocenters. The minimum absolute atomic E-state index is 0.559. The lowest BCUT2D eigenvalue weighted by molar-refractivity contribution is 0.955. The number of nitrogens with zero attached hydrogens (tertiary/aromatic N) is 8. The topological polar surface area (TPSA) is 79.2 Å². The first-order chi connectivity index (χ1) is 43.6. The third-order valence-corrected chi connectivity index (χ3v) is 18.5. The summed E-state index contributed by atoms with van der Waals surface area (Å²) in [6.07, 6.45) is 0. The molecule has 0 amide bonds. The van der Waals surface area contributed by atoms with Crippen LogP contribution in [0.25, 0.3) is 171 Å². The van der Waals surface area contributed by atoms with E-state index in [1.165, 1.54) is 41.7 Å². The van der Waals surface area contributed by atoms with Crippen molar-refractivity contribution in [3.8, 4) is 85.1 Å². The second-order valence-electron chi connectivity index (χ2n) is 22.4. The summed E-state index contributed by atoms with van der Waals surface area (Å²) in [7, 11) is 0. The molecular formula is C79H48N8S. The number of hydrogen-bond acceptors (Lipinski definition) is 6. The van der Waals surface area contributed by atoms with Crippen molar-refractivity contribution in [3.05, 3.63) is 291 Å². The van der Waals surface area contributed by atoms with Crippen LogP contribution in [-0.2, 0) is 0 Å². The first kappa shape index (κ1) is 49.7. The van der Waals surface area contributed by atoms with Gasteiger partial charge in [0, 0.05) is 87.0 Å². The molecule has 0 fully saturated rings. The van der Waals surface area contributed by atoms with E-state index in [9.17, 15) is 0 Å². The molecule has 12 aromatic carbocycles. The Morgan fingerprint density at radius 3 is 1.23 bits per heavy atom. The van der Waals surface area contributed by atoms with Crippen LogP contribution in [0.15, 0.2) is 291 Å². The molecule has 9 heteroatoms. The van der Waals surface area contributed by atoms with Gasteiger partial charge in [-0.2, -0.15) is 9.97 Å². The van der Waals surface area contributed by atoms with Gasteiger partial charge in [-0.1, -0.05) is 218 Å². The van der Waals surface area contributed by atoms with Crippen LogP contribution >= 0.6 is 11.3 Å². The number of para-hydroxylation sites is 5. The molecule has 6 aromatic heterocycles. The third kappa shape index (κ3) is 8.02. The van der Waals surface area contributed by atoms with E-state index in [1.54, 1.807) is 0 Å². The zero-order valence-corrected chi connectivity index (χ0v) is 48.0. The summed E-state index contributed by atoms with van der Waals surface area (Å²) in [6.45, 7) is 0. The fraction of sp³-hybridized carbons (Fsp3) is 0. The van der Waals surface area contributed by atoms with Crippen molar-refractivity contribution in [3.63, 3.8) is 0 Å². The monoisotopic (exact) mass is 1140 g/mol. The molecule has 8 nitrogen and oxygen atoms in total. The SMILES string of the molecule is c1ccc(-c2cc(-c3cccc(-c4cccc(-c5nc(-c6ccccc6)nc(-n6c7ccccc7c7ccc8c9ccccc9sc8c76)n5)c4)c3)nc(-c3cc(-n4c5ccccc5c5ccccc54)cc(-n4c5ccccc5c5ccccc54)c3)n2)cc1. The van der Waals surface area contributed by atoms with Crippen LogP contribution in [0.3, 0.4) is 0 Å². The molecule has 6 heterocycles. The summed E-state index contributed by atoms with van der Waals surface area (Å²) in [4.78, 5) is 27.1. The van der Waals surface area contributed by atoms with Crippen LogP contribution < -0.4 is 0 Å². The first-order valence-corrected chi connectivity index (χ1v) is 30.4. The fourth-order valence-corrected chi connectivity index (χ4v) is 14.5. The second kappa shape index (κ2) is 20.0. The normalized spacial score (nSPS) is 11.9. The minimum Gasteiger partial charge on any atom is -0.309 e. The van der Waals surface area contributed by atoms with E-state index in [-0.39, 0.29) is 0 Å². The lowest BCUT2D eigenvalue weighted by atomic mass is 9.99. The summed E-state index contributed by atoms with van der Waals surface area (Å²) >= 11 is 1.81. The highest BCUT2D eigenvalue weighted by Crippen LogP contribution is 2.44. The molecule has 0 unspecified atom stereocenters. The van der Waals surface area contributed by atoms with E-state index in [4.69, 9.17) is 24.9 Å². The van der Waals surface area contributed by atoms with Gasteiger partial charge >= 0.3 is 0 Å². The number of benzene rings is 12. The van der Waals surface area contributed by atoms with E-state index >= 15 is 0 Å². The van der Waals surface area contributed by atoms with Crippen LogP contribution in [0.4, 0.5) is 0 Å². The van der Waals surface area contributed by atoms with Gasteiger partial charge in [0.2, 0.25) is 5.95 Å². The quantitative estimate of drug-likeness (QED) is 0.144. The van der Waals surface area contributed by atoms with Crippen molar-refractivity contribution in [1.82, 2.24) is 38.6 Å². The molecule has 0 saturated heterocycles. The molecule has 0 N–H and O–H groups in total. The van der Waals surface area contributed by atoms with Gasteiger partial charge in [0.1, 0.15) is 0 Å². The number of thiophene rings is 1. The lowest BCUT2D eigenvalue weighted by Crippen LogP contribution is -2.06. The lowest BCUT2D eigenvalue weighted by Gasteiger charge is -2.16. The van der Waals surface area contributed by atoms with Crippen LogP contribution in [0, 0.1) is 0 Å². The van der Waals surface area contributed by atoms with Crippen molar-refractivity contribution in [2.75, 3.05) is 0 Å². The zero-order chi connectivity index (χ0) is 57.8. The second-order valence-corrected chi connectivity index (χ2v) is 23.5. The molecule has 0 bridgehead atoms. The molecule has 0 aliphatic carbocycles. The van der Waals surface area contributed by atoms with Gasteiger partial charge in [0.15, 0.2) is 17.5 Å². The van der Waals surface area contributed by atoms with Crippen molar-refractivity contribution in [2.24, 2.45) is 0 Å². The molecule has 18 aromatic rings. The van der Waals surface area contributed by atoms with Gasteiger partial charge in [0.25, 0.3) is 0 Å². The highest BCUT2D eigenvalue weighted by Gasteiger charge is 2.23. The van der Waals surface area contributed by atoms with E-state index in [0.29, 0.717) is 23.4 Å². The predicted molar refractivity (Wildman–Crippen MR) is 364 cm³/mol. The Kier molecular flexibility index (Phi) is 11.3. The molecular weight excluding hydrogens is 1090 g/mol. The minimum atomic E-state index is 0.559. The van der Waals surface area contributed by atoms with Crippen molar-refractivity contribution >= 4 is 96.9 Å². The largest absolute Gasteiger partial charge is 0.309 e. The van der Waals surface area contributed by atoms with E-state index in [1.807, 2.05) is 35.6 Å². The molecule has 0 saturated carbocycles. The maximum Gasteiger partial charge on any atom is 0.238 e. The smallest absolute Gasteiger partial charge is 0.238 e. The van der Waals surface area contributed by atoms with Crippen LogP contribution in [0.1, 0.15) is 0 Å². The molecule has 88 heavy (non-hydrogen) atoms. The Labute approximate surface area is 508 Å². The average Bonchev–Trinajstić information content (AvgIpc) is 1.90. The van der Waals surface area contributed by atoms with E-state index < -0.39 is 0 Å². The van der Waals surface area contributed by atoms with Crippen LogP contribution in [-0.4, -0.2) is 38.6 Å². The highest BCUT2D eigenvalue weighted by molar-refractivity contribution is 7.26. The number of fused-ring (bicyclic) bond motifs is 13. The molecule has 0 aliphatic rings. The summed E-state index contributed by atoms with van der Waals surface area (Å²) in [6, 6.07) is 103. The van der Waals surface area contributed by atoms with Gasteiger partial charge in [-0.3, -0.25) is 4.57 Å². The maximum absolute atomic E-state index is 5.58. The number of hydrogen-bond donors (Lipinski definition) is 0. The van der Waals surface area contributed by atoms with Crippen molar-refractivity contribution in [1.29, 1.82) is 0 Å². The van der Waals surface area contributed by atoms with Crippen LogP contribution in [0.5, 0.6) is 0 Å². The predicted octanol–water partition coefficient (Wildman–Crippen LogP) is 20.3. The first-order valence-electron chi connectivity index (χ1n) is 29.6. The third-order valence-electron chi connectivity index (χ3n) is 17.3. The van der Waals surface area contributed by atoms with Crippen molar-refractivity contribution in [2.45, 2.75) is 0 Å². The summed E-state index contributed by atoms with van der Waals surface area (Å²) in [5.41, 5.74) is 16.9. The maximum atomic E-state index is 5.58. The fourth-order valence-electron chi connectivity index (χ4n) is 13.3. The summed E-state index contributed by atoms with van der Waals surface area (Å²) < 4.78 is 9.47. The molecule has 0 spiro atoms. The highest BCUT2D eigenvalue weighted by atomic mass is 32.1. The molecule has 0 radical (unpaired) electrons. The summed E-state index contributed by atoms with van der Waals surface area (Å²) in [5.74, 6) is 2.35. The molecule has 410 valence electrons. The van der Waals surface area contributed by atoms with Gasteiger partial charge in [0.05, 0.1) is 49.2 Å². The Balaban J connectivity index is 0.802. The molecule has 0 aliphatic heterocycles. The number of aromatic nitrogens is 8. The Morgan fingerprint density at radius 1 is 0.239 bits per heavy atom.